The molecule has 0 radical (unpaired) electrons. The summed E-state index contributed by atoms with van der Waals surface area (Å²) in [6.07, 6.45) is 2.61. The van der Waals surface area contributed by atoms with Gasteiger partial charge in [0.15, 0.2) is 5.78 Å². The summed E-state index contributed by atoms with van der Waals surface area (Å²) in [6.45, 7) is 0.857. The molecule has 5 nitrogen and oxygen atoms in total. The summed E-state index contributed by atoms with van der Waals surface area (Å²) in [5, 5.41) is 12.3. The highest BCUT2D eigenvalue weighted by atomic mass is 16.5. The maximum Gasteiger partial charge on any atom is 0.328 e. The van der Waals surface area contributed by atoms with Crippen LogP contribution in [-0.4, -0.2) is 29.5 Å². The lowest BCUT2D eigenvalue weighted by Crippen LogP contribution is -2.39. The molecule has 2 aromatic rings. The quantitative estimate of drug-likeness (QED) is 0.739. The molecule has 0 amide bonds. The van der Waals surface area contributed by atoms with Crippen molar-refractivity contribution in [1.29, 1.82) is 0 Å². The summed E-state index contributed by atoms with van der Waals surface area (Å²) >= 11 is 0. The minimum Gasteiger partial charge on any atom is -0.478 e. The number of hydrogen-bond acceptors (Lipinski definition) is 4. The number of aliphatic carboxylic acids is 1. The molecule has 0 saturated carbocycles. The summed E-state index contributed by atoms with van der Waals surface area (Å²) in [5.41, 5.74) is 2.92. The molecule has 1 aliphatic rings. The van der Waals surface area contributed by atoms with Gasteiger partial charge >= 0.3 is 5.97 Å². The Hall–Kier alpha value is -3.18. The van der Waals surface area contributed by atoms with Crippen LogP contribution in [0.25, 0.3) is 5.70 Å². The zero-order chi connectivity index (χ0) is 19.1. The van der Waals surface area contributed by atoms with Crippen molar-refractivity contribution in [3.63, 3.8) is 0 Å². The van der Waals surface area contributed by atoms with E-state index in [9.17, 15) is 9.59 Å². The summed E-state index contributed by atoms with van der Waals surface area (Å²) in [7, 11) is 0. The number of carboxylic acids is 1. The molecule has 0 fully saturated rings. The number of rotatable bonds is 7. The number of carbonyl (C=O) groups is 2. The van der Waals surface area contributed by atoms with E-state index in [-0.39, 0.29) is 18.2 Å². The highest BCUT2D eigenvalue weighted by Crippen LogP contribution is 2.25. The average molecular weight is 363 g/mol. The third-order valence-corrected chi connectivity index (χ3v) is 4.24. The maximum atomic E-state index is 12.6. The smallest absolute Gasteiger partial charge is 0.328 e. The van der Waals surface area contributed by atoms with Crippen molar-refractivity contribution in [2.24, 2.45) is 0 Å². The number of hydrogen-bond donors (Lipinski definition) is 2. The van der Waals surface area contributed by atoms with Crippen LogP contribution in [0.1, 0.15) is 17.5 Å². The highest BCUT2D eigenvalue weighted by Gasteiger charge is 2.26. The van der Waals surface area contributed by atoms with Gasteiger partial charge in [0.25, 0.3) is 0 Å². The van der Waals surface area contributed by atoms with Crippen LogP contribution >= 0.6 is 0 Å². The molecule has 27 heavy (non-hydrogen) atoms. The van der Waals surface area contributed by atoms with Gasteiger partial charge in [0.2, 0.25) is 0 Å². The molecule has 1 aliphatic heterocycles. The lowest BCUT2D eigenvalue weighted by Gasteiger charge is -2.28. The van der Waals surface area contributed by atoms with Crippen molar-refractivity contribution in [2.45, 2.75) is 19.1 Å². The number of carbonyl (C=O) groups excluding carboxylic acids is 1. The predicted octanol–water partition coefficient (Wildman–Crippen LogP) is 3.19. The van der Waals surface area contributed by atoms with Gasteiger partial charge < -0.3 is 15.2 Å². The van der Waals surface area contributed by atoms with Crippen molar-refractivity contribution < 1.29 is 19.4 Å². The molecule has 2 aromatic carbocycles. The Labute approximate surface area is 158 Å². The molecule has 0 aromatic heterocycles. The molecule has 2 N–H and O–H groups in total. The van der Waals surface area contributed by atoms with Crippen molar-refractivity contribution in [1.82, 2.24) is 5.32 Å². The normalized spacial score (nSPS) is 17.2. The molecular weight excluding hydrogens is 342 g/mol. The van der Waals surface area contributed by atoms with Crippen molar-refractivity contribution >= 4 is 17.4 Å². The first-order valence-corrected chi connectivity index (χ1v) is 8.75. The number of ether oxygens (including phenoxy) is 1. The van der Waals surface area contributed by atoms with E-state index in [0.717, 1.165) is 17.2 Å². The molecule has 0 aliphatic carbocycles. The van der Waals surface area contributed by atoms with Gasteiger partial charge in [-0.25, -0.2) is 4.79 Å². The molecule has 0 bridgehead atoms. The Bertz CT molecular complexity index is 856. The molecule has 138 valence electrons. The highest BCUT2D eigenvalue weighted by molar-refractivity contribution is 6.07. The number of carboxylic acid groups (broad SMARTS) is 1. The maximum absolute atomic E-state index is 12.6. The second-order valence-electron chi connectivity index (χ2n) is 6.30. The van der Waals surface area contributed by atoms with E-state index in [1.807, 2.05) is 60.7 Å². The van der Waals surface area contributed by atoms with E-state index in [0.29, 0.717) is 24.5 Å². The van der Waals surface area contributed by atoms with Gasteiger partial charge in [0.05, 0.1) is 25.0 Å². The van der Waals surface area contributed by atoms with Crippen LogP contribution in [0.3, 0.4) is 0 Å². The number of ketones is 1. The molecule has 1 atom stereocenters. The van der Waals surface area contributed by atoms with Crippen LogP contribution in [0.2, 0.25) is 0 Å². The van der Waals surface area contributed by atoms with Gasteiger partial charge in [-0.1, -0.05) is 60.7 Å². The standard InChI is InChI=1S/C22H21NO4/c24-20-13-18(15-27-14-16-7-3-1-4-8-16)23-22(17-9-5-2-6-10-17)19(20)11-12-21(25)26/h1-12,18,23H,13-15H2,(H,25,26)/b12-11+. The van der Waals surface area contributed by atoms with Gasteiger partial charge in [-0.15, -0.1) is 0 Å². The van der Waals surface area contributed by atoms with E-state index >= 15 is 0 Å². The van der Waals surface area contributed by atoms with Crippen LogP contribution in [-0.2, 0) is 20.9 Å². The third kappa shape index (κ3) is 5.15. The van der Waals surface area contributed by atoms with Crippen LogP contribution in [0.5, 0.6) is 0 Å². The number of allylic oxidation sites excluding steroid dienone is 2. The zero-order valence-electron chi connectivity index (χ0n) is 14.8. The van der Waals surface area contributed by atoms with Gasteiger partial charge in [0.1, 0.15) is 0 Å². The molecule has 1 unspecified atom stereocenters. The van der Waals surface area contributed by atoms with Gasteiger partial charge in [0, 0.05) is 18.1 Å². The Kier molecular flexibility index (Phi) is 6.18. The lowest BCUT2D eigenvalue weighted by atomic mass is 9.93. The van der Waals surface area contributed by atoms with E-state index in [1.165, 1.54) is 6.08 Å². The minimum atomic E-state index is -1.09. The van der Waals surface area contributed by atoms with Crippen LogP contribution in [0, 0.1) is 0 Å². The topological polar surface area (TPSA) is 75.6 Å². The van der Waals surface area contributed by atoms with E-state index < -0.39 is 5.97 Å². The lowest BCUT2D eigenvalue weighted by molar-refractivity contribution is -0.131. The molecule has 5 heteroatoms. The monoisotopic (exact) mass is 363 g/mol. The first kappa shape index (κ1) is 18.6. The second-order valence-corrected chi connectivity index (χ2v) is 6.30. The van der Waals surface area contributed by atoms with E-state index in [2.05, 4.69) is 5.32 Å². The summed E-state index contributed by atoms with van der Waals surface area (Å²) in [6, 6.07) is 19.1. The number of Topliss-reactive ketones (excluding diaryl/α,β-unsaturated/α-hetero) is 1. The molecule has 0 saturated heterocycles. The van der Waals surface area contributed by atoms with Crippen LogP contribution < -0.4 is 5.32 Å². The Balaban J connectivity index is 1.75. The predicted molar refractivity (Wildman–Crippen MR) is 103 cm³/mol. The van der Waals surface area contributed by atoms with Gasteiger partial charge in [-0.05, 0) is 17.2 Å². The van der Waals surface area contributed by atoms with E-state index in [4.69, 9.17) is 9.84 Å². The molecule has 1 heterocycles. The van der Waals surface area contributed by atoms with Gasteiger partial charge in [-0.2, -0.15) is 0 Å². The fourth-order valence-corrected chi connectivity index (χ4v) is 2.97. The second kappa shape index (κ2) is 8.96. The number of nitrogens with one attached hydrogen (secondary N) is 1. The van der Waals surface area contributed by atoms with E-state index in [1.54, 1.807) is 0 Å². The summed E-state index contributed by atoms with van der Waals surface area (Å²) in [4.78, 5) is 23.5. The Morgan fingerprint density at radius 3 is 2.44 bits per heavy atom. The summed E-state index contributed by atoms with van der Waals surface area (Å²) in [5.74, 6) is -1.19. The van der Waals surface area contributed by atoms with Crippen molar-refractivity contribution in [3.8, 4) is 0 Å². The Morgan fingerprint density at radius 1 is 1.11 bits per heavy atom. The molecule has 0 spiro atoms. The minimum absolute atomic E-state index is 0.0987. The third-order valence-electron chi connectivity index (χ3n) is 4.24. The van der Waals surface area contributed by atoms with Crippen molar-refractivity contribution in [2.75, 3.05) is 6.61 Å². The largest absolute Gasteiger partial charge is 0.478 e. The fraction of sp³-hybridized carbons (Fsp3) is 0.182. The summed E-state index contributed by atoms with van der Waals surface area (Å²) < 4.78 is 5.78. The first-order chi connectivity index (χ1) is 13.1. The van der Waals surface area contributed by atoms with Gasteiger partial charge in [-0.3, -0.25) is 4.79 Å². The molecule has 3 rings (SSSR count). The number of benzene rings is 2. The zero-order valence-corrected chi connectivity index (χ0v) is 14.8. The fourth-order valence-electron chi connectivity index (χ4n) is 2.97. The molecular formula is C22H21NO4. The first-order valence-electron chi connectivity index (χ1n) is 8.75. The van der Waals surface area contributed by atoms with Crippen LogP contribution in [0.4, 0.5) is 0 Å². The Morgan fingerprint density at radius 2 is 1.78 bits per heavy atom. The van der Waals surface area contributed by atoms with Crippen LogP contribution in [0.15, 0.2) is 78.4 Å². The average Bonchev–Trinajstić information content (AvgIpc) is 2.68. The SMILES string of the molecule is O=C(O)/C=C/C1=C(c2ccccc2)NC(COCc2ccccc2)CC1=O. The van der Waals surface area contributed by atoms with Crippen molar-refractivity contribution in [3.05, 3.63) is 89.5 Å².